The van der Waals surface area contributed by atoms with Gasteiger partial charge in [-0.2, -0.15) is 0 Å². The molecule has 10 N–H and O–H groups in total. The minimum Gasteiger partial charge on any atom is -0.481 e. The Bertz CT molecular complexity index is 1850. The van der Waals surface area contributed by atoms with Gasteiger partial charge in [-0.1, -0.05) is 60.1 Å². The Morgan fingerprint density at radius 2 is 1.41 bits per heavy atom. The van der Waals surface area contributed by atoms with Gasteiger partial charge >= 0.3 is 5.97 Å². The zero-order valence-corrected chi connectivity index (χ0v) is 39.7. The number of hydrogen-bond donors (Lipinski definition) is 10. The average Bonchev–Trinajstić information content (AvgIpc) is 3.23. The van der Waals surface area contributed by atoms with Crippen molar-refractivity contribution in [2.24, 2.45) is 50.2 Å². The van der Waals surface area contributed by atoms with Crippen molar-refractivity contribution in [3.8, 4) is 0 Å². The predicted molar refractivity (Wildman–Crippen MR) is 232 cm³/mol. The molecule has 0 aromatic rings. The molecule has 7 fully saturated rings. The first kappa shape index (κ1) is 50.5. The molecule has 66 heavy (non-hydrogen) atoms. The van der Waals surface area contributed by atoms with Crippen LogP contribution in [0.5, 0.6) is 0 Å². The summed E-state index contributed by atoms with van der Waals surface area (Å²) in [6.07, 6.45) is -10.5. The van der Waals surface area contributed by atoms with E-state index in [0.29, 0.717) is 19.3 Å². The van der Waals surface area contributed by atoms with Crippen molar-refractivity contribution in [1.29, 1.82) is 0 Å². The Morgan fingerprint density at radius 1 is 0.742 bits per heavy atom. The number of carboxylic acid groups (broad SMARTS) is 1. The van der Waals surface area contributed by atoms with E-state index in [2.05, 4.69) is 59.9 Å². The first-order chi connectivity index (χ1) is 30.7. The lowest BCUT2D eigenvalue weighted by molar-refractivity contribution is -0.352. The molecule has 3 heterocycles. The smallest absolute Gasteiger partial charge is 0.312 e. The van der Waals surface area contributed by atoms with Crippen LogP contribution in [0.3, 0.4) is 0 Å². The lowest BCUT2D eigenvalue weighted by Crippen LogP contribution is -2.68. The summed E-state index contributed by atoms with van der Waals surface area (Å²) in [7, 11) is 0. The Hall–Kier alpha value is -1.88. The highest BCUT2D eigenvalue weighted by atomic mass is 16.8. The van der Waals surface area contributed by atoms with Gasteiger partial charge in [-0.25, -0.2) is 0 Å². The number of amides is 1. The number of allylic oxidation sites excluding steroid dienone is 2. The van der Waals surface area contributed by atoms with E-state index in [9.17, 15) is 55.5 Å². The number of aliphatic carboxylic acids is 1. The van der Waals surface area contributed by atoms with Gasteiger partial charge in [-0.05, 0) is 103 Å². The van der Waals surface area contributed by atoms with Crippen molar-refractivity contribution in [3.63, 3.8) is 0 Å². The molecule has 376 valence electrons. The molecule has 18 heteroatoms. The van der Waals surface area contributed by atoms with Gasteiger partial charge in [0.15, 0.2) is 18.9 Å². The third-order valence-corrected chi connectivity index (χ3v) is 19.0. The number of ether oxygens (including phenoxy) is 6. The number of carbonyl (C=O) groups is 2. The quantitative estimate of drug-likeness (QED) is 0.114. The Balaban J connectivity index is 1.00. The second-order valence-electron chi connectivity index (χ2n) is 23.5. The number of fused-ring (bicyclic) bond motifs is 7. The highest BCUT2D eigenvalue weighted by molar-refractivity contribution is 5.77. The van der Waals surface area contributed by atoms with Crippen molar-refractivity contribution in [2.45, 2.75) is 205 Å². The zero-order chi connectivity index (χ0) is 48.3. The van der Waals surface area contributed by atoms with Crippen molar-refractivity contribution in [2.75, 3.05) is 19.8 Å². The number of nitrogens with one attached hydrogen (secondary N) is 1. The van der Waals surface area contributed by atoms with E-state index in [-0.39, 0.29) is 47.2 Å². The Kier molecular flexibility index (Phi) is 13.6. The minimum absolute atomic E-state index is 0.0435. The summed E-state index contributed by atoms with van der Waals surface area (Å²) >= 11 is 0. The molecule has 4 saturated carbocycles. The highest BCUT2D eigenvalue weighted by Gasteiger charge is 2.71. The van der Waals surface area contributed by atoms with E-state index in [1.807, 2.05) is 0 Å². The molecule has 0 aromatic carbocycles. The van der Waals surface area contributed by atoms with Crippen LogP contribution in [-0.2, 0) is 38.0 Å². The van der Waals surface area contributed by atoms with Crippen LogP contribution in [0, 0.1) is 50.2 Å². The zero-order valence-electron chi connectivity index (χ0n) is 39.7. The lowest BCUT2D eigenvalue weighted by Gasteiger charge is -2.71. The maximum Gasteiger partial charge on any atom is 0.312 e. The van der Waals surface area contributed by atoms with Crippen molar-refractivity contribution >= 4 is 11.9 Å². The molecule has 0 spiro atoms. The monoisotopic (exact) mass is 940 g/mol. The Labute approximate surface area is 387 Å². The molecule has 0 unspecified atom stereocenters. The summed E-state index contributed by atoms with van der Waals surface area (Å²) in [5.74, 6) is -1.21. The van der Waals surface area contributed by atoms with Crippen molar-refractivity contribution in [1.82, 2.24) is 5.32 Å². The van der Waals surface area contributed by atoms with Crippen LogP contribution in [0.15, 0.2) is 11.6 Å². The normalized spacial score (nSPS) is 52.1. The van der Waals surface area contributed by atoms with Crippen LogP contribution in [0.2, 0.25) is 0 Å². The van der Waals surface area contributed by atoms with Crippen LogP contribution < -0.4 is 5.32 Å². The summed E-state index contributed by atoms with van der Waals surface area (Å²) in [6, 6.07) is -1.17. The molecule has 0 bridgehead atoms. The molecular weight excluding hydrogens is 863 g/mol. The number of rotatable bonds is 9. The average molecular weight is 940 g/mol. The first-order valence-electron chi connectivity index (χ1n) is 24.2. The molecule has 22 atom stereocenters. The molecular formula is C48H77NO17. The van der Waals surface area contributed by atoms with Gasteiger partial charge in [0.25, 0.3) is 0 Å². The maximum absolute atomic E-state index is 13.2. The van der Waals surface area contributed by atoms with Crippen LogP contribution in [0.1, 0.15) is 113 Å². The van der Waals surface area contributed by atoms with Crippen LogP contribution in [0.4, 0.5) is 0 Å². The minimum atomic E-state index is -1.71. The SMILES string of the molecule is CC(=O)N[C@H]1[C@H](O[C@H]2CC[C@]3(C)[C@H]4CC=C5[C@@H]6CC(C)(C)CC[C@]6(C(=O)O)[C@H](O)C[C@@]5(C)[C@]4(C)CC[C@H]3C2(C)C)O[C@H](CO[C@@H]2OC[C@H](O)[C@H](O)[C@H]2O[C@@H]2OC[C@@H](O)[C@H](O)[C@H]2O)[C@@H](O)[C@@H]1O. The van der Waals surface area contributed by atoms with E-state index in [4.69, 9.17) is 28.4 Å². The van der Waals surface area contributed by atoms with Gasteiger partial charge in [0.1, 0.15) is 66.4 Å². The van der Waals surface area contributed by atoms with Crippen molar-refractivity contribution < 1.29 is 84.0 Å². The molecule has 8 rings (SSSR count). The number of carboxylic acids is 1. The molecule has 0 aromatic heterocycles. The van der Waals surface area contributed by atoms with Gasteiger partial charge < -0.3 is 79.7 Å². The summed E-state index contributed by atoms with van der Waals surface area (Å²) in [5, 5.41) is 100. The molecule has 3 saturated heterocycles. The summed E-state index contributed by atoms with van der Waals surface area (Å²) < 4.78 is 36.0. The first-order valence-corrected chi connectivity index (χ1v) is 24.2. The fourth-order valence-electron chi connectivity index (χ4n) is 15.0. The van der Waals surface area contributed by atoms with E-state index in [1.54, 1.807) is 0 Å². The van der Waals surface area contributed by atoms with Crippen LogP contribution in [0.25, 0.3) is 0 Å². The van der Waals surface area contributed by atoms with Gasteiger partial charge in [0, 0.05) is 6.92 Å². The topological polar surface area (TPSA) is 284 Å². The summed E-state index contributed by atoms with van der Waals surface area (Å²) in [5.41, 5.74) is -1.25. The van der Waals surface area contributed by atoms with E-state index in [0.717, 1.165) is 38.5 Å². The van der Waals surface area contributed by atoms with Crippen LogP contribution in [-0.4, -0.2) is 170 Å². The fourth-order valence-corrected chi connectivity index (χ4v) is 15.0. The maximum atomic E-state index is 13.2. The standard InChI is InChI=1S/C48H77NO17/c1-22(50)49-32-36(57)35(56)27(21-63-41-38(34(55)26(52)20-62-41)66-40-37(58)33(54)25(51)19-61-40)64-39(32)65-31-12-13-45(6)28(44(31,4)5)11-14-46(7)29(45)10-9-23-24-17-43(2,3)15-16-48(24,42(59)60)30(53)18-47(23,46)8/h9,24-41,51-58H,10-21H2,1-8H3,(H,49,50)(H,59,60)/t24-,25+,26-,27+,28-,29+,30+,31-,32+,33-,34-,35+,36+,37+,38+,39-,40-,41-,45-,46+,47+,48+/m0/s1. The number of aliphatic hydroxyl groups is 8. The summed E-state index contributed by atoms with van der Waals surface area (Å²) in [6.45, 7) is 16.0. The molecule has 5 aliphatic carbocycles. The molecule has 18 nitrogen and oxygen atoms in total. The van der Waals surface area contributed by atoms with Gasteiger partial charge in [-0.15, -0.1) is 0 Å². The van der Waals surface area contributed by atoms with Crippen molar-refractivity contribution in [3.05, 3.63) is 11.6 Å². The second-order valence-corrected chi connectivity index (χ2v) is 23.5. The van der Waals surface area contributed by atoms with Gasteiger partial charge in [0.2, 0.25) is 5.91 Å². The number of aliphatic hydroxyl groups excluding tert-OH is 8. The molecule has 8 aliphatic rings. The van der Waals surface area contributed by atoms with Crippen LogP contribution >= 0.6 is 0 Å². The molecule has 1 amide bonds. The third kappa shape index (κ3) is 8.02. The molecule has 3 aliphatic heterocycles. The summed E-state index contributed by atoms with van der Waals surface area (Å²) in [4.78, 5) is 25.7. The second kappa shape index (κ2) is 17.8. The molecule has 0 radical (unpaired) electrons. The van der Waals surface area contributed by atoms with Gasteiger partial charge in [-0.3, -0.25) is 9.59 Å². The predicted octanol–water partition coefficient (Wildman–Crippen LogP) is 1.10. The number of carbonyl (C=O) groups excluding carboxylic acids is 1. The van der Waals surface area contributed by atoms with E-state index < -0.39 is 127 Å². The highest BCUT2D eigenvalue weighted by Crippen LogP contribution is 2.76. The third-order valence-electron chi connectivity index (χ3n) is 19.0. The lowest BCUT2D eigenvalue weighted by atomic mass is 9.33. The van der Waals surface area contributed by atoms with Gasteiger partial charge in [0.05, 0.1) is 32.0 Å². The Morgan fingerprint density at radius 3 is 2.08 bits per heavy atom. The largest absolute Gasteiger partial charge is 0.481 e. The fraction of sp³-hybridized carbons (Fsp3) is 0.917. The number of hydrogen-bond acceptors (Lipinski definition) is 16. The van der Waals surface area contributed by atoms with E-state index >= 15 is 0 Å². The van der Waals surface area contributed by atoms with E-state index in [1.165, 1.54) is 12.5 Å².